The Morgan fingerprint density at radius 1 is 1.20 bits per heavy atom. The maximum Gasteiger partial charge on any atom is 0.122 e. The Kier molecular flexibility index (Phi) is 7.60. The van der Waals surface area contributed by atoms with Gasteiger partial charge in [0.25, 0.3) is 0 Å². The molecule has 0 aliphatic heterocycles. The minimum atomic E-state index is 0.536. The Bertz CT molecular complexity index is 404. The second-order valence-corrected chi connectivity index (χ2v) is 7.13. The van der Waals surface area contributed by atoms with Crippen LogP contribution in [0.1, 0.15) is 39.7 Å². The lowest BCUT2D eigenvalue weighted by Crippen LogP contribution is -2.30. The van der Waals surface area contributed by atoms with Gasteiger partial charge in [-0.15, -0.1) is 0 Å². The van der Waals surface area contributed by atoms with Crippen LogP contribution in [0.15, 0.2) is 22.7 Å². The van der Waals surface area contributed by atoms with Crippen LogP contribution in [0.25, 0.3) is 0 Å². The molecule has 0 saturated carbocycles. The molecule has 0 bridgehead atoms. The summed E-state index contributed by atoms with van der Waals surface area (Å²) in [4.78, 5) is 0. The summed E-state index contributed by atoms with van der Waals surface area (Å²) in [7, 11) is 1.75. The fraction of sp³-hybridized carbons (Fsp3) is 0.647. The topological polar surface area (TPSA) is 21.3 Å². The molecular weight excluding hydrogens is 314 g/mol. The summed E-state index contributed by atoms with van der Waals surface area (Å²) in [6.07, 6.45) is 2.29. The van der Waals surface area contributed by atoms with Crippen LogP contribution < -0.4 is 10.1 Å². The van der Waals surface area contributed by atoms with Crippen molar-refractivity contribution in [2.24, 2.45) is 11.8 Å². The van der Waals surface area contributed by atoms with E-state index in [2.05, 4.69) is 55.0 Å². The summed E-state index contributed by atoms with van der Waals surface area (Å²) < 4.78 is 6.61. The van der Waals surface area contributed by atoms with Crippen LogP contribution >= 0.6 is 15.9 Å². The molecule has 0 spiro atoms. The molecule has 2 nitrogen and oxygen atoms in total. The van der Waals surface area contributed by atoms with Crippen LogP contribution in [0.5, 0.6) is 5.75 Å². The molecule has 0 aliphatic carbocycles. The molecule has 0 saturated heterocycles. The quantitative estimate of drug-likeness (QED) is 0.742. The summed E-state index contributed by atoms with van der Waals surface area (Å²) in [6, 6.07) is 6.80. The van der Waals surface area contributed by atoms with Gasteiger partial charge in [0.1, 0.15) is 5.75 Å². The van der Waals surface area contributed by atoms with Crippen LogP contribution in [0.2, 0.25) is 0 Å². The molecule has 20 heavy (non-hydrogen) atoms. The van der Waals surface area contributed by atoms with Gasteiger partial charge in [-0.1, -0.05) is 43.6 Å². The van der Waals surface area contributed by atoms with E-state index in [0.717, 1.165) is 23.2 Å². The zero-order valence-corrected chi connectivity index (χ0v) is 15.0. The van der Waals surface area contributed by atoms with E-state index in [-0.39, 0.29) is 0 Å². The first-order chi connectivity index (χ1) is 9.42. The average Bonchev–Trinajstić information content (AvgIpc) is 2.35. The molecule has 0 radical (unpaired) electrons. The SMILES string of the molecule is COc1ccc(Br)cc1CC(CNC(C)C)CC(C)C. The van der Waals surface area contributed by atoms with Crippen molar-refractivity contribution in [3.05, 3.63) is 28.2 Å². The van der Waals surface area contributed by atoms with Gasteiger partial charge < -0.3 is 10.1 Å². The van der Waals surface area contributed by atoms with Crippen molar-refractivity contribution in [3.8, 4) is 5.75 Å². The van der Waals surface area contributed by atoms with E-state index < -0.39 is 0 Å². The number of methoxy groups -OCH3 is 1. The molecule has 0 aliphatic rings. The van der Waals surface area contributed by atoms with Crippen molar-refractivity contribution >= 4 is 15.9 Å². The van der Waals surface area contributed by atoms with Gasteiger partial charge in [-0.05, 0) is 55.0 Å². The summed E-state index contributed by atoms with van der Waals surface area (Å²) >= 11 is 3.56. The van der Waals surface area contributed by atoms with E-state index >= 15 is 0 Å². The molecule has 3 heteroatoms. The molecular formula is C17H28BrNO. The highest BCUT2D eigenvalue weighted by Crippen LogP contribution is 2.27. The van der Waals surface area contributed by atoms with Gasteiger partial charge in [-0.2, -0.15) is 0 Å². The van der Waals surface area contributed by atoms with Crippen molar-refractivity contribution in [3.63, 3.8) is 0 Å². The number of nitrogens with one attached hydrogen (secondary N) is 1. The Balaban J connectivity index is 2.79. The van der Waals surface area contributed by atoms with Gasteiger partial charge >= 0.3 is 0 Å². The highest BCUT2D eigenvalue weighted by atomic mass is 79.9. The molecule has 0 fully saturated rings. The molecule has 1 rings (SSSR count). The Labute approximate surface area is 132 Å². The smallest absolute Gasteiger partial charge is 0.122 e. The Morgan fingerprint density at radius 2 is 1.90 bits per heavy atom. The second-order valence-electron chi connectivity index (χ2n) is 6.22. The van der Waals surface area contributed by atoms with E-state index in [1.165, 1.54) is 12.0 Å². The molecule has 1 aromatic carbocycles. The third-order valence-electron chi connectivity index (χ3n) is 3.37. The van der Waals surface area contributed by atoms with Gasteiger partial charge in [0.05, 0.1) is 7.11 Å². The van der Waals surface area contributed by atoms with Gasteiger partial charge in [0.15, 0.2) is 0 Å². The molecule has 0 heterocycles. The second kappa shape index (κ2) is 8.68. The number of benzene rings is 1. The van der Waals surface area contributed by atoms with E-state index in [0.29, 0.717) is 17.9 Å². The first-order valence-corrected chi connectivity index (χ1v) is 8.27. The zero-order valence-electron chi connectivity index (χ0n) is 13.4. The molecule has 114 valence electrons. The highest BCUT2D eigenvalue weighted by molar-refractivity contribution is 9.10. The van der Waals surface area contributed by atoms with Crippen molar-refractivity contribution in [2.45, 2.75) is 46.6 Å². The number of halogens is 1. The van der Waals surface area contributed by atoms with Crippen LogP contribution in [0.4, 0.5) is 0 Å². The van der Waals surface area contributed by atoms with Crippen LogP contribution in [-0.2, 0) is 6.42 Å². The van der Waals surface area contributed by atoms with Crippen molar-refractivity contribution in [1.29, 1.82) is 0 Å². The summed E-state index contributed by atoms with van der Waals surface area (Å²) in [5.41, 5.74) is 1.29. The van der Waals surface area contributed by atoms with Gasteiger partial charge in [0.2, 0.25) is 0 Å². The lowest BCUT2D eigenvalue weighted by molar-refractivity contribution is 0.362. The lowest BCUT2D eigenvalue weighted by Gasteiger charge is -2.22. The van der Waals surface area contributed by atoms with Crippen molar-refractivity contribution in [1.82, 2.24) is 5.32 Å². The van der Waals surface area contributed by atoms with Crippen LogP contribution in [0.3, 0.4) is 0 Å². The van der Waals surface area contributed by atoms with E-state index in [9.17, 15) is 0 Å². The predicted molar refractivity (Wildman–Crippen MR) is 90.5 cm³/mol. The highest BCUT2D eigenvalue weighted by Gasteiger charge is 2.15. The summed E-state index contributed by atoms with van der Waals surface area (Å²) in [6.45, 7) is 10.0. The predicted octanol–water partition coefficient (Wildman–Crippen LogP) is 4.66. The Morgan fingerprint density at radius 3 is 2.45 bits per heavy atom. The largest absolute Gasteiger partial charge is 0.496 e. The molecule has 1 aromatic rings. The fourth-order valence-corrected chi connectivity index (χ4v) is 2.93. The van der Waals surface area contributed by atoms with Gasteiger partial charge in [-0.25, -0.2) is 0 Å². The monoisotopic (exact) mass is 341 g/mol. The number of hydrogen-bond donors (Lipinski definition) is 1. The average molecular weight is 342 g/mol. The minimum Gasteiger partial charge on any atom is -0.496 e. The third-order valence-corrected chi connectivity index (χ3v) is 3.86. The van der Waals surface area contributed by atoms with Crippen LogP contribution in [-0.4, -0.2) is 19.7 Å². The molecule has 1 unspecified atom stereocenters. The first kappa shape index (κ1) is 17.5. The number of ether oxygens (including phenoxy) is 1. The summed E-state index contributed by atoms with van der Waals surface area (Å²) in [5, 5.41) is 3.57. The van der Waals surface area contributed by atoms with Crippen LogP contribution in [0, 0.1) is 11.8 Å². The fourth-order valence-electron chi connectivity index (χ4n) is 2.53. The standard InChI is InChI=1S/C17H28BrNO/c1-12(2)8-14(11-19-13(3)4)9-15-10-16(18)6-7-17(15)20-5/h6-7,10,12-14,19H,8-9,11H2,1-5H3. The molecule has 1 atom stereocenters. The Hall–Kier alpha value is -0.540. The third kappa shape index (κ3) is 6.27. The minimum absolute atomic E-state index is 0.536. The van der Waals surface area contributed by atoms with Crippen molar-refractivity contribution in [2.75, 3.05) is 13.7 Å². The zero-order chi connectivity index (χ0) is 15.1. The molecule has 0 aromatic heterocycles. The van der Waals surface area contributed by atoms with E-state index in [1.54, 1.807) is 7.11 Å². The van der Waals surface area contributed by atoms with Gasteiger partial charge in [-0.3, -0.25) is 0 Å². The molecule has 0 amide bonds. The van der Waals surface area contributed by atoms with E-state index in [1.807, 2.05) is 12.1 Å². The van der Waals surface area contributed by atoms with Gasteiger partial charge in [0, 0.05) is 10.5 Å². The lowest BCUT2D eigenvalue weighted by atomic mass is 9.90. The van der Waals surface area contributed by atoms with E-state index in [4.69, 9.17) is 4.74 Å². The molecule has 1 N–H and O–H groups in total. The first-order valence-electron chi connectivity index (χ1n) is 7.48. The van der Waals surface area contributed by atoms with Crippen molar-refractivity contribution < 1.29 is 4.74 Å². The normalized spacial score (nSPS) is 13.0. The maximum atomic E-state index is 5.49. The summed E-state index contributed by atoms with van der Waals surface area (Å²) in [5.74, 6) is 2.35. The number of rotatable bonds is 8. The maximum absolute atomic E-state index is 5.49. The number of hydrogen-bond acceptors (Lipinski definition) is 2.